The van der Waals surface area contributed by atoms with Gasteiger partial charge in [-0.15, -0.1) is 24.9 Å². The number of aliphatic hydroxyl groups excluding tert-OH is 1. The summed E-state index contributed by atoms with van der Waals surface area (Å²) >= 11 is 11.8. The Hall–Kier alpha value is -1.81. The number of anilines is 1. The Morgan fingerprint density at radius 3 is 2.78 bits per heavy atom. The number of fused-ring (bicyclic) bond motifs is 1. The van der Waals surface area contributed by atoms with Crippen molar-refractivity contribution in [1.82, 2.24) is 4.90 Å². The zero-order chi connectivity index (χ0) is 26.2. The normalized spacial score (nSPS) is 30.3. The maximum Gasteiger partial charge on any atom is 0.310 e. The van der Waals surface area contributed by atoms with E-state index in [1.807, 2.05) is 19.1 Å². The van der Waals surface area contributed by atoms with Crippen molar-refractivity contribution in [3.63, 3.8) is 0 Å². The number of hydrogen-bond donors (Lipinski definition) is 1. The van der Waals surface area contributed by atoms with Gasteiger partial charge in [-0.1, -0.05) is 51.8 Å². The number of likely N-dealkylation sites (tertiary alicyclic amines) is 1. The zero-order valence-electron chi connectivity index (χ0n) is 20.1. The molecule has 2 amide bonds. The quantitative estimate of drug-likeness (QED) is 0.191. The number of β-amino-alcohol motifs (C(OH)–C–C–N with tert-alkyl or cyclic N) is 1. The maximum absolute atomic E-state index is 14.4. The molecule has 3 aliphatic heterocycles. The fraction of sp³-hybridized carbons (Fsp3) is 0.500. The van der Waals surface area contributed by atoms with E-state index in [9.17, 15) is 19.5 Å². The lowest BCUT2D eigenvalue weighted by atomic mass is 9.71. The molecule has 1 aromatic carbocycles. The number of ether oxygens (including phenoxy) is 1. The van der Waals surface area contributed by atoms with Crippen LogP contribution < -0.4 is 4.90 Å². The largest absolute Gasteiger partial charge is 0.465 e. The van der Waals surface area contributed by atoms with E-state index in [0.29, 0.717) is 23.6 Å². The molecule has 3 saturated heterocycles. The third-order valence-corrected chi connectivity index (χ3v) is 10.8. The van der Waals surface area contributed by atoms with E-state index in [-0.39, 0.29) is 48.2 Å². The summed E-state index contributed by atoms with van der Waals surface area (Å²) in [5.41, 5.74) is 1.38. The van der Waals surface area contributed by atoms with Gasteiger partial charge in [-0.05, 0) is 31.4 Å². The van der Waals surface area contributed by atoms with E-state index in [2.05, 4.69) is 29.1 Å². The van der Waals surface area contributed by atoms with Crippen LogP contribution in [0.2, 0.25) is 5.02 Å². The van der Waals surface area contributed by atoms with Gasteiger partial charge in [0.1, 0.15) is 6.04 Å². The van der Waals surface area contributed by atoms with Crippen LogP contribution in [-0.2, 0) is 19.1 Å². The van der Waals surface area contributed by atoms with Gasteiger partial charge in [-0.2, -0.15) is 0 Å². The number of carbonyl (C=O) groups excluding carboxylic acids is 3. The van der Waals surface area contributed by atoms with Gasteiger partial charge in [0.25, 0.3) is 5.91 Å². The molecule has 36 heavy (non-hydrogen) atoms. The lowest BCUT2D eigenvalue weighted by Gasteiger charge is -2.38. The second-order valence-electron chi connectivity index (χ2n) is 9.31. The summed E-state index contributed by atoms with van der Waals surface area (Å²) in [6.45, 7) is 9.43. The number of amides is 2. The number of para-hydroxylation sites is 1. The molecule has 3 aliphatic rings. The molecule has 194 valence electrons. The Bertz CT molecular complexity index is 1070. The van der Waals surface area contributed by atoms with E-state index in [1.54, 1.807) is 23.1 Å². The molecule has 3 fully saturated rings. The second-order valence-corrected chi connectivity index (χ2v) is 12.4. The average molecular weight is 598 g/mol. The number of carbonyl (C=O) groups is 3. The SMILES string of the molecule is C=CCCOC(=O)[C@H]1[C@H]2C(=O)N(CCO)C(C(=O)N(CC=C)c3c(C)cccc3Cl)C23CC(Br)[C@@H]1S3. The topological polar surface area (TPSA) is 87.1 Å². The fourth-order valence-corrected chi connectivity index (χ4v) is 9.82. The Morgan fingerprint density at radius 1 is 1.39 bits per heavy atom. The number of nitrogens with zero attached hydrogens (tertiary/aromatic N) is 2. The standard InChI is InChI=1S/C26H30BrClN2O5S/c1-4-6-13-35-25(34)18-19-23(32)30(11-12-31)22(26(19)14-16(27)21(18)36-26)24(33)29(10-5-2)20-15(3)8-7-9-17(20)28/h4-5,7-9,16,18-19,21-22,31H,1-2,6,10-14H2,3H3/t16?,18-,19-,21-,22?,26?/m0/s1. The highest BCUT2D eigenvalue weighted by atomic mass is 79.9. The molecule has 3 unspecified atom stereocenters. The molecule has 0 saturated carbocycles. The summed E-state index contributed by atoms with van der Waals surface area (Å²) in [4.78, 5) is 44.3. The van der Waals surface area contributed by atoms with Gasteiger partial charge in [0, 0.05) is 23.2 Å². The lowest BCUT2D eigenvalue weighted by Crippen LogP contribution is -2.56. The second kappa shape index (κ2) is 10.9. The van der Waals surface area contributed by atoms with Gasteiger partial charge in [0.05, 0.1) is 40.5 Å². The predicted octanol–water partition coefficient (Wildman–Crippen LogP) is 3.74. The van der Waals surface area contributed by atoms with Crippen molar-refractivity contribution >= 4 is 62.8 Å². The third kappa shape index (κ3) is 4.31. The smallest absolute Gasteiger partial charge is 0.310 e. The van der Waals surface area contributed by atoms with E-state index in [0.717, 1.165) is 5.56 Å². The van der Waals surface area contributed by atoms with E-state index >= 15 is 0 Å². The summed E-state index contributed by atoms with van der Waals surface area (Å²) in [7, 11) is 0. The van der Waals surface area contributed by atoms with E-state index < -0.39 is 28.6 Å². The molecule has 1 N–H and O–H groups in total. The number of esters is 1. The number of alkyl halides is 1. The molecule has 2 bridgehead atoms. The summed E-state index contributed by atoms with van der Waals surface area (Å²) in [5.74, 6) is -2.42. The van der Waals surface area contributed by atoms with Crippen LogP contribution >= 0.6 is 39.3 Å². The van der Waals surface area contributed by atoms with Crippen molar-refractivity contribution in [2.24, 2.45) is 11.8 Å². The van der Waals surface area contributed by atoms with Crippen molar-refractivity contribution in [1.29, 1.82) is 0 Å². The number of aliphatic hydroxyl groups is 1. The van der Waals surface area contributed by atoms with Crippen LogP contribution in [0.15, 0.2) is 43.5 Å². The van der Waals surface area contributed by atoms with Crippen LogP contribution in [-0.4, -0.2) is 75.0 Å². The first-order chi connectivity index (χ1) is 17.2. The molecule has 7 nitrogen and oxygen atoms in total. The molecular formula is C26H30BrClN2O5S. The predicted molar refractivity (Wildman–Crippen MR) is 146 cm³/mol. The Balaban J connectivity index is 1.77. The molecule has 1 aromatic rings. The molecule has 0 aliphatic carbocycles. The van der Waals surface area contributed by atoms with E-state index in [1.165, 1.54) is 16.7 Å². The molecule has 10 heteroatoms. The van der Waals surface area contributed by atoms with Crippen molar-refractivity contribution in [2.75, 3.05) is 31.2 Å². The first-order valence-electron chi connectivity index (χ1n) is 11.9. The zero-order valence-corrected chi connectivity index (χ0v) is 23.2. The first-order valence-corrected chi connectivity index (χ1v) is 14.1. The van der Waals surface area contributed by atoms with Crippen molar-refractivity contribution < 1.29 is 24.2 Å². The number of aryl methyl sites for hydroxylation is 1. The molecule has 1 spiro atoms. The van der Waals surface area contributed by atoms with Crippen molar-refractivity contribution in [3.8, 4) is 0 Å². The summed E-state index contributed by atoms with van der Waals surface area (Å²) in [6, 6.07) is 4.53. The van der Waals surface area contributed by atoms with Gasteiger partial charge in [0.2, 0.25) is 5.91 Å². The van der Waals surface area contributed by atoms with Crippen LogP contribution in [0.25, 0.3) is 0 Å². The molecule has 4 rings (SSSR count). The van der Waals surface area contributed by atoms with Gasteiger partial charge in [-0.3, -0.25) is 14.4 Å². The van der Waals surface area contributed by atoms with Crippen LogP contribution in [0.3, 0.4) is 0 Å². The summed E-state index contributed by atoms with van der Waals surface area (Å²) in [5, 5.41) is 10.0. The Morgan fingerprint density at radius 2 is 2.14 bits per heavy atom. The first kappa shape index (κ1) is 27.2. The molecule has 6 atom stereocenters. The minimum Gasteiger partial charge on any atom is -0.465 e. The highest BCUT2D eigenvalue weighted by molar-refractivity contribution is 9.09. The molecule has 3 heterocycles. The monoisotopic (exact) mass is 596 g/mol. The lowest BCUT2D eigenvalue weighted by molar-refractivity contribution is -0.154. The summed E-state index contributed by atoms with van der Waals surface area (Å²) in [6.07, 6.45) is 4.34. The molecule has 0 aromatic heterocycles. The van der Waals surface area contributed by atoms with Gasteiger partial charge in [0.15, 0.2) is 0 Å². The number of rotatable bonds is 10. The number of benzene rings is 1. The number of halogens is 2. The minimum atomic E-state index is -0.876. The molecule has 0 radical (unpaired) electrons. The minimum absolute atomic E-state index is 0.00661. The Labute approximate surface area is 229 Å². The number of hydrogen-bond acceptors (Lipinski definition) is 6. The Kier molecular flexibility index (Phi) is 8.24. The van der Waals surface area contributed by atoms with Crippen molar-refractivity contribution in [3.05, 3.63) is 54.1 Å². The highest BCUT2D eigenvalue weighted by Crippen LogP contribution is 2.68. The van der Waals surface area contributed by atoms with Crippen LogP contribution in [0.5, 0.6) is 0 Å². The molecular weight excluding hydrogens is 568 g/mol. The summed E-state index contributed by atoms with van der Waals surface area (Å²) < 4.78 is 4.67. The van der Waals surface area contributed by atoms with Crippen LogP contribution in [0, 0.1) is 18.8 Å². The van der Waals surface area contributed by atoms with Crippen molar-refractivity contribution in [2.45, 2.75) is 40.6 Å². The fourth-order valence-electron chi connectivity index (χ4n) is 5.90. The van der Waals surface area contributed by atoms with Gasteiger partial charge >= 0.3 is 5.97 Å². The highest BCUT2D eigenvalue weighted by Gasteiger charge is 2.76. The van der Waals surface area contributed by atoms with Crippen LogP contribution in [0.4, 0.5) is 5.69 Å². The average Bonchev–Trinajstić information content (AvgIpc) is 3.42. The number of thioether (sulfide) groups is 1. The van der Waals surface area contributed by atoms with Gasteiger partial charge < -0.3 is 19.6 Å². The maximum atomic E-state index is 14.4. The third-order valence-electron chi connectivity index (χ3n) is 7.24. The van der Waals surface area contributed by atoms with Crippen LogP contribution in [0.1, 0.15) is 18.4 Å². The van der Waals surface area contributed by atoms with Gasteiger partial charge in [-0.25, -0.2) is 0 Å². The van der Waals surface area contributed by atoms with E-state index in [4.69, 9.17) is 16.3 Å².